The van der Waals surface area contributed by atoms with Gasteiger partial charge in [0.25, 0.3) is 0 Å². The highest BCUT2D eigenvalue weighted by atomic mass is 32.2. The van der Waals surface area contributed by atoms with E-state index >= 15 is 0 Å². The molecular formula is C13H17NO2S. The fourth-order valence-corrected chi connectivity index (χ4v) is 2.73. The number of carbonyl (C=O) groups is 1. The van der Waals surface area contributed by atoms with Crippen molar-refractivity contribution in [3.63, 3.8) is 0 Å². The van der Waals surface area contributed by atoms with E-state index in [1.165, 1.54) is 0 Å². The van der Waals surface area contributed by atoms with Gasteiger partial charge in [0.2, 0.25) is 0 Å². The Morgan fingerprint density at radius 3 is 3.00 bits per heavy atom. The van der Waals surface area contributed by atoms with E-state index < -0.39 is 5.97 Å². The van der Waals surface area contributed by atoms with Crippen LogP contribution in [0.1, 0.15) is 17.9 Å². The molecule has 2 rings (SSSR count). The maximum absolute atomic E-state index is 11.2. The van der Waals surface area contributed by atoms with Crippen molar-refractivity contribution in [1.29, 1.82) is 0 Å². The van der Waals surface area contributed by atoms with Crippen LogP contribution in [-0.4, -0.2) is 36.2 Å². The predicted octanol–water partition coefficient (Wildman–Crippen LogP) is 2.43. The molecule has 0 saturated carbocycles. The molecule has 1 unspecified atom stereocenters. The van der Waals surface area contributed by atoms with Crippen molar-refractivity contribution < 1.29 is 9.90 Å². The van der Waals surface area contributed by atoms with Crippen LogP contribution in [0.2, 0.25) is 0 Å². The summed E-state index contributed by atoms with van der Waals surface area (Å²) in [4.78, 5) is 13.4. The highest BCUT2D eigenvalue weighted by Crippen LogP contribution is 2.36. The molecule has 1 aliphatic rings. The number of hydrogen-bond donors (Lipinski definition) is 1. The van der Waals surface area contributed by atoms with Gasteiger partial charge in [-0.1, -0.05) is 18.2 Å². The summed E-state index contributed by atoms with van der Waals surface area (Å²) in [6, 6.07) is 7.85. The molecule has 0 spiro atoms. The Labute approximate surface area is 106 Å². The molecule has 0 aromatic heterocycles. The minimum atomic E-state index is -0.718. The Morgan fingerprint density at radius 1 is 1.53 bits per heavy atom. The molecule has 1 aliphatic heterocycles. The standard InChI is InChI=1S/C13H17NO2S/c1-17-8-4-7-14-9-11(13(15)16)10-5-2-3-6-12(10)14/h2-3,5-6,11H,4,7-9H2,1H3,(H,15,16). The minimum Gasteiger partial charge on any atom is -0.481 e. The highest BCUT2D eigenvalue weighted by molar-refractivity contribution is 7.98. The number of hydrogen-bond acceptors (Lipinski definition) is 3. The molecule has 0 radical (unpaired) electrons. The lowest BCUT2D eigenvalue weighted by Crippen LogP contribution is -2.25. The van der Waals surface area contributed by atoms with Crippen molar-refractivity contribution in [2.45, 2.75) is 12.3 Å². The Bertz CT molecular complexity index is 408. The zero-order valence-electron chi connectivity index (χ0n) is 9.93. The molecule has 0 saturated heterocycles. The topological polar surface area (TPSA) is 40.5 Å². The van der Waals surface area contributed by atoms with Gasteiger partial charge in [-0.2, -0.15) is 11.8 Å². The molecule has 17 heavy (non-hydrogen) atoms. The van der Waals surface area contributed by atoms with Crippen molar-refractivity contribution in [3.8, 4) is 0 Å². The Morgan fingerprint density at radius 2 is 2.29 bits per heavy atom. The summed E-state index contributed by atoms with van der Waals surface area (Å²) in [7, 11) is 0. The fraction of sp³-hybridized carbons (Fsp3) is 0.462. The Kier molecular flexibility index (Phi) is 3.94. The van der Waals surface area contributed by atoms with Crippen LogP contribution in [0.5, 0.6) is 0 Å². The maximum Gasteiger partial charge on any atom is 0.312 e. The first kappa shape index (κ1) is 12.3. The molecule has 1 aromatic carbocycles. The number of aliphatic carboxylic acids is 1. The van der Waals surface area contributed by atoms with Gasteiger partial charge in [-0.25, -0.2) is 0 Å². The molecular weight excluding hydrogens is 234 g/mol. The molecule has 1 atom stereocenters. The number of rotatable bonds is 5. The Hall–Kier alpha value is -1.16. The quantitative estimate of drug-likeness (QED) is 0.816. The van der Waals surface area contributed by atoms with Crippen LogP contribution in [0.15, 0.2) is 24.3 Å². The van der Waals surface area contributed by atoms with Crippen molar-refractivity contribution >= 4 is 23.4 Å². The van der Waals surface area contributed by atoms with Gasteiger partial charge >= 0.3 is 5.97 Å². The summed E-state index contributed by atoms with van der Waals surface area (Å²) < 4.78 is 0. The highest BCUT2D eigenvalue weighted by Gasteiger charge is 2.32. The normalized spacial score (nSPS) is 18.2. The molecule has 1 aromatic rings. The summed E-state index contributed by atoms with van der Waals surface area (Å²) in [5.41, 5.74) is 2.06. The van der Waals surface area contributed by atoms with E-state index in [1.807, 2.05) is 36.0 Å². The molecule has 1 heterocycles. The van der Waals surface area contributed by atoms with Crippen LogP contribution < -0.4 is 4.90 Å². The third-order valence-corrected chi connectivity index (χ3v) is 3.83. The van der Waals surface area contributed by atoms with Crippen molar-refractivity contribution in [2.75, 3.05) is 30.0 Å². The molecule has 0 aliphatic carbocycles. The number of benzene rings is 1. The molecule has 1 N–H and O–H groups in total. The molecule has 0 bridgehead atoms. The first-order valence-electron chi connectivity index (χ1n) is 5.79. The summed E-state index contributed by atoms with van der Waals surface area (Å²) in [6.45, 7) is 1.56. The van der Waals surface area contributed by atoms with E-state index in [0.29, 0.717) is 6.54 Å². The molecule has 4 heteroatoms. The average molecular weight is 251 g/mol. The fourth-order valence-electron chi connectivity index (χ4n) is 2.31. The van der Waals surface area contributed by atoms with Gasteiger partial charge in [0.05, 0.1) is 0 Å². The van der Waals surface area contributed by atoms with Gasteiger partial charge in [-0.05, 0) is 30.1 Å². The summed E-state index contributed by atoms with van der Waals surface area (Å²) in [6.07, 6.45) is 3.19. The van der Waals surface area contributed by atoms with Crippen LogP contribution in [0.3, 0.4) is 0 Å². The number of anilines is 1. The molecule has 3 nitrogen and oxygen atoms in total. The lowest BCUT2D eigenvalue weighted by molar-refractivity contribution is -0.138. The Balaban J connectivity index is 2.14. The number of para-hydroxylation sites is 1. The zero-order valence-corrected chi connectivity index (χ0v) is 10.7. The van der Waals surface area contributed by atoms with Gasteiger partial charge in [0.1, 0.15) is 5.92 Å². The zero-order chi connectivity index (χ0) is 12.3. The van der Waals surface area contributed by atoms with Crippen molar-refractivity contribution in [1.82, 2.24) is 0 Å². The van der Waals surface area contributed by atoms with Gasteiger partial charge in [-0.3, -0.25) is 4.79 Å². The average Bonchev–Trinajstić information content (AvgIpc) is 2.69. The lowest BCUT2D eigenvalue weighted by Gasteiger charge is -2.19. The van der Waals surface area contributed by atoms with Gasteiger partial charge in [0.15, 0.2) is 0 Å². The van der Waals surface area contributed by atoms with Gasteiger partial charge < -0.3 is 10.0 Å². The third kappa shape index (κ3) is 2.57. The molecule has 0 amide bonds. The van der Waals surface area contributed by atoms with Crippen LogP contribution in [0.4, 0.5) is 5.69 Å². The molecule has 92 valence electrons. The van der Waals surface area contributed by atoms with Crippen molar-refractivity contribution in [2.24, 2.45) is 0 Å². The number of carboxylic acids is 1. The molecule has 0 fully saturated rings. The number of thioether (sulfide) groups is 1. The van der Waals surface area contributed by atoms with Crippen LogP contribution in [0, 0.1) is 0 Å². The van der Waals surface area contributed by atoms with E-state index in [2.05, 4.69) is 11.2 Å². The third-order valence-electron chi connectivity index (χ3n) is 3.13. The van der Waals surface area contributed by atoms with Crippen molar-refractivity contribution in [3.05, 3.63) is 29.8 Å². The summed E-state index contributed by atoms with van der Waals surface area (Å²) >= 11 is 1.83. The van der Waals surface area contributed by atoms with E-state index in [-0.39, 0.29) is 5.92 Å². The van der Waals surface area contributed by atoms with Crippen LogP contribution in [-0.2, 0) is 4.79 Å². The number of carboxylic acid groups (broad SMARTS) is 1. The monoisotopic (exact) mass is 251 g/mol. The number of fused-ring (bicyclic) bond motifs is 1. The first-order valence-corrected chi connectivity index (χ1v) is 7.19. The van der Waals surface area contributed by atoms with Crippen LogP contribution >= 0.6 is 11.8 Å². The van der Waals surface area contributed by atoms with Crippen LogP contribution in [0.25, 0.3) is 0 Å². The SMILES string of the molecule is CSCCCN1CC(C(=O)O)c2ccccc21. The lowest BCUT2D eigenvalue weighted by atomic mass is 10.0. The second kappa shape index (κ2) is 5.45. The van der Waals surface area contributed by atoms with E-state index in [4.69, 9.17) is 0 Å². The minimum absolute atomic E-state index is 0.361. The number of nitrogens with zero attached hydrogens (tertiary/aromatic N) is 1. The first-order chi connectivity index (χ1) is 8.24. The van der Waals surface area contributed by atoms with E-state index in [1.54, 1.807) is 0 Å². The van der Waals surface area contributed by atoms with Gasteiger partial charge in [0, 0.05) is 18.8 Å². The summed E-state index contributed by atoms with van der Waals surface area (Å²) in [5, 5.41) is 9.22. The van der Waals surface area contributed by atoms with Gasteiger partial charge in [-0.15, -0.1) is 0 Å². The summed E-state index contributed by atoms with van der Waals surface area (Å²) in [5.74, 6) is 0.0430. The largest absolute Gasteiger partial charge is 0.481 e. The second-order valence-electron chi connectivity index (χ2n) is 4.24. The second-order valence-corrected chi connectivity index (χ2v) is 5.23. The maximum atomic E-state index is 11.2. The van der Waals surface area contributed by atoms with E-state index in [9.17, 15) is 9.90 Å². The smallest absolute Gasteiger partial charge is 0.312 e. The predicted molar refractivity (Wildman–Crippen MR) is 72.0 cm³/mol. The van der Waals surface area contributed by atoms with E-state index in [0.717, 1.165) is 30.0 Å².